The average molecular weight is 383 g/mol. The van der Waals surface area contributed by atoms with Crippen LogP contribution in [-0.4, -0.2) is 36.5 Å². The number of methoxy groups -OCH3 is 2. The predicted octanol–water partition coefficient (Wildman–Crippen LogP) is 3.46. The highest BCUT2D eigenvalue weighted by molar-refractivity contribution is 7.13. The molecule has 140 valence electrons. The van der Waals surface area contributed by atoms with Crippen molar-refractivity contribution in [3.8, 4) is 22.1 Å². The molecule has 3 aromatic rings. The molecule has 0 bridgehead atoms. The molecule has 1 amide bonds. The Kier molecular flexibility index (Phi) is 6.27. The van der Waals surface area contributed by atoms with Gasteiger partial charge in [0, 0.05) is 18.8 Å². The summed E-state index contributed by atoms with van der Waals surface area (Å²) in [6, 6.07) is 11.5. The van der Waals surface area contributed by atoms with Crippen molar-refractivity contribution in [1.82, 2.24) is 15.1 Å². The van der Waals surface area contributed by atoms with Crippen LogP contribution in [-0.2, 0) is 11.3 Å². The predicted molar refractivity (Wildman–Crippen MR) is 107 cm³/mol. The zero-order valence-corrected chi connectivity index (χ0v) is 16.0. The molecule has 27 heavy (non-hydrogen) atoms. The molecule has 0 aliphatic rings. The van der Waals surface area contributed by atoms with Crippen molar-refractivity contribution in [3.63, 3.8) is 0 Å². The summed E-state index contributed by atoms with van der Waals surface area (Å²) in [5.41, 5.74) is 1.81. The minimum absolute atomic E-state index is 0.157. The Labute approximate surface area is 162 Å². The molecule has 0 radical (unpaired) electrons. The Hall–Kier alpha value is -3.06. The van der Waals surface area contributed by atoms with Gasteiger partial charge in [0.2, 0.25) is 5.91 Å². The molecule has 1 aromatic carbocycles. The number of thiophene rings is 1. The minimum Gasteiger partial charge on any atom is -0.493 e. The lowest BCUT2D eigenvalue weighted by Gasteiger charge is -2.07. The topological polar surface area (TPSA) is 65.4 Å². The minimum atomic E-state index is -0.157. The molecule has 0 atom stereocenters. The van der Waals surface area contributed by atoms with Gasteiger partial charge in [0.05, 0.1) is 25.6 Å². The summed E-state index contributed by atoms with van der Waals surface area (Å²) in [6.07, 6.45) is 5.15. The highest BCUT2D eigenvalue weighted by atomic mass is 32.1. The van der Waals surface area contributed by atoms with Gasteiger partial charge in [-0.1, -0.05) is 12.1 Å². The van der Waals surface area contributed by atoms with Crippen molar-refractivity contribution in [2.45, 2.75) is 6.54 Å². The second kappa shape index (κ2) is 9.05. The van der Waals surface area contributed by atoms with Gasteiger partial charge in [-0.05, 0) is 41.3 Å². The van der Waals surface area contributed by atoms with E-state index in [0.29, 0.717) is 24.6 Å². The van der Waals surface area contributed by atoms with Crippen LogP contribution in [0.25, 0.3) is 16.6 Å². The van der Waals surface area contributed by atoms with Gasteiger partial charge in [0.1, 0.15) is 5.69 Å². The van der Waals surface area contributed by atoms with Gasteiger partial charge in [-0.3, -0.25) is 9.48 Å². The lowest BCUT2D eigenvalue weighted by atomic mass is 10.2. The first-order chi connectivity index (χ1) is 13.2. The van der Waals surface area contributed by atoms with Crippen LogP contribution >= 0.6 is 11.3 Å². The molecular weight excluding hydrogens is 362 g/mol. The van der Waals surface area contributed by atoms with Crippen LogP contribution in [0.15, 0.2) is 54.1 Å². The third kappa shape index (κ3) is 4.98. The van der Waals surface area contributed by atoms with E-state index in [0.717, 1.165) is 16.1 Å². The molecular formula is C20H21N3O3S. The van der Waals surface area contributed by atoms with Crippen LogP contribution in [0.4, 0.5) is 0 Å². The number of hydrogen-bond acceptors (Lipinski definition) is 5. The molecule has 2 heterocycles. The van der Waals surface area contributed by atoms with E-state index in [-0.39, 0.29) is 5.91 Å². The molecule has 2 aromatic heterocycles. The molecule has 7 heteroatoms. The zero-order chi connectivity index (χ0) is 19.1. The van der Waals surface area contributed by atoms with E-state index in [9.17, 15) is 4.79 Å². The number of aromatic nitrogens is 2. The SMILES string of the molecule is COc1ccc(/C=C/C(=O)NCCn2ccc(-c3cccs3)n2)cc1OC. The number of amides is 1. The zero-order valence-electron chi connectivity index (χ0n) is 15.2. The van der Waals surface area contributed by atoms with E-state index in [1.807, 2.05) is 46.6 Å². The number of hydrogen-bond donors (Lipinski definition) is 1. The highest BCUT2D eigenvalue weighted by Gasteiger charge is 2.04. The van der Waals surface area contributed by atoms with Crippen LogP contribution in [0, 0.1) is 0 Å². The molecule has 3 rings (SSSR count). The Morgan fingerprint density at radius 1 is 1.22 bits per heavy atom. The summed E-state index contributed by atoms with van der Waals surface area (Å²) < 4.78 is 12.3. The van der Waals surface area contributed by atoms with Crippen LogP contribution in [0.1, 0.15) is 5.56 Å². The summed E-state index contributed by atoms with van der Waals surface area (Å²) in [5.74, 6) is 1.12. The maximum atomic E-state index is 12.0. The summed E-state index contributed by atoms with van der Waals surface area (Å²) in [4.78, 5) is 13.1. The molecule has 0 fully saturated rings. The van der Waals surface area contributed by atoms with Gasteiger partial charge in [0.25, 0.3) is 0 Å². The van der Waals surface area contributed by atoms with Crippen molar-refractivity contribution < 1.29 is 14.3 Å². The molecule has 0 saturated carbocycles. The van der Waals surface area contributed by atoms with Crippen molar-refractivity contribution in [2.75, 3.05) is 20.8 Å². The molecule has 0 unspecified atom stereocenters. The van der Waals surface area contributed by atoms with E-state index in [1.165, 1.54) is 6.08 Å². The Bertz CT molecular complexity index is 916. The maximum Gasteiger partial charge on any atom is 0.244 e. The molecule has 0 aliphatic carbocycles. The molecule has 1 N–H and O–H groups in total. The first-order valence-corrected chi connectivity index (χ1v) is 9.33. The third-order valence-electron chi connectivity index (χ3n) is 3.89. The van der Waals surface area contributed by atoms with Crippen molar-refractivity contribution in [3.05, 3.63) is 59.6 Å². The summed E-state index contributed by atoms with van der Waals surface area (Å²) >= 11 is 1.66. The second-order valence-corrected chi connectivity index (χ2v) is 6.63. The number of carbonyl (C=O) groups is 1. The van der Waals surface area contributed by atoms with Crippen LogP contribution in [0.2, 0.25) is 0 Å². The van der Waals surface area contributed by atoms with E-state index < -0.39 is 0 Å². The van der Waals surface area contributed by atoms with Crippen molar-refractivity contribution >= 4 is 23.3 Å². The fraction of sp³-hybridized carbons (Fsp3) is 0.200. The van der Waals surface area contributed by atoms with Gasteiger partial charge in [-0.25, -0.2) is 0 Å². The fourth-order valence-electron chi connectivity index (χ4n) is 2.52. The van der Waals surface area contributed by atoms with Gasteiger partial charge >= 0.3 is 0 Å². The largest absolute Gasteiger partial charge is 0.493 e. The third-order valence-corrected chi connectivity index (χ3v) is 4.78. The van der Waals surface area contributed by atoms with Gasteiger partial charge in [0.15, 0.2) is 11.5 Å². The second-order valence-electron chi connectivity index (χ2n) is 5.68. The highest BCUT2D eigenvalue weighted by Crippen LogP contribution is 2.28. The number of carbonyl (C=O) groups excluding carboxylic acids is 1. The summed E-state index contributed by atoms with van der Waals surface area (Å²) in [5, 5.41) is 9.39. The number of nitrogens with zero attached hydrogens (tertiary/aromatic N) is 2. The average Bonchev–Trinajstić information content (AvgIpc) is 3.37. The summed E-state index contributed by atoms with van der Waals surface area (Å²) in [6.45, 7) is 1.11. The Morgan fingerprint density at radius 2 is 2.07 bits per heavy atom. The lowest BCUT2D eigenvalue weighted by molar-refractivity contribution is -0.116. The summed E-state index contributed by atoms with van der Waals surface area (Å²) in [7, 11) is 3.17. The monoisotopic (exact) mass is 383 g/mol. The van der Waals surface area contributed by atoms with E-state index in [2.05, 4.69) is 10.4 Å². The fourth-order valence-corrected chi connectivity index (χ4v) is 3.21. The number of nitrogens with one attached hydrogen (secondary N) is 1. The standard InChI is InChI=1S/C20H21N3O3S/c1-25-17-7-5-15(14-18(17)26-2)6-8-20(24)21-10-12-23-11-9-16(22-23)19-4-3-13-27-19/h3-9,11,13-14H,10,12H2,1-2H3,(H,21,24)/b8-6+. The van der Waals surface area contributed by atoms with Crippen LogP contribution in [0.5, 0.6) is 11.5 Å². The quantitative estimate of drug-likeness (QED) is 0.605. The normalized spacial score (nSPS) is 10.9. The van der Waals surface area contributed by atoms with Crippen LogP contribution in [0.3, 0.4) is 0 Å². The van der Waals surface area contributed by atoms with Crippen molar-refractivity contribution in [1.29, 1.82) is 0 Å². The Balaban J connectivity index is 1.49. The van der Waals surface area contributed by atoms with E-state index in [1.54, 1.807) is 37.7 Å². The first kappa shape index (κ1) is 18.7. The Morgan fingerprint density at radius 3 is 2.81 bits per heavy atom. The van der Waals surface area contributed by atoms with Gasteiger partial charge < -0.3 is 14.8 Å². The van der Waals surface area contributed by atoms with E-state index >= 15 is 0 Å². The van der Waals surface area contributed by atoms with Crippen LogP contribution < -0.4 is 14.8 Å². The van der Waals surface area contributed by atoms with Gasteiger partial charge in [-0.15, -0.1) is 11.3 Å². The van der Waals surface area contributed by atoms with E-state index in [4.69, 9.17) is 9.47 Å². The molecule has 6 nitrogen and oxygen atoms in total. The molecule has 0 saturated heterocycles. The molecule has 0 spiro atoms. The smallest absolute Gasteiger partial charge is 0.244 e. The number of ether oxygens (including phenoxy) is 2. The molecule has 0 aliphatic heterocycles. The lowest BCUT2D eigenvalue weighted by Crippen LogP contribution is -2.25. The van der Waals surface area contributed by atoms with Gasteiger partial charge in [-0.2, -0.15) is 5.10 Å². The number of benzene rings is 1. The number of rotatable bonds is 8. The first-order valence-electron chi connectivity index (χ1n) is 8.45. The van der Waals surface area contributed by atoms with Crippen molar-refractivity contribution in [2.24, 2.45) is 0 Å². The maximum absolute atomic E-state index is 12.0.